The molecule has 1 amide bonds. The molecule has 94 valence electrons. The van der Waals surface area contributed by atoms with Gasteiger partial charge >= 0.3 is 0 Å². The van der Waals surface area contributed by atoms with Gasteiger partial charge in [-0.25, -0.2) is 0 Å². The molecule has 0 spiro atoms. The van der Waals surface area contributed by atoms with Crippen molar-refractivity contribution in [2.75, 3.05) is 19.0 Å². The van der Waals surface area contributed by atoms with Crippen LogP contribution in [0.2, 0.25) is 0 Å². The number of amides is 1. The maximum Gasteiger partial charge on any atom is 0.257 e. The molecule has 2 heterocycles. The summed E-state index contributed by atoms with van der Waals surface area (Å²) in [5, 5.41) is 0. The van der Waals surface area contributed by atoms with Crippen LogP contribution in [0, 0.1) is 19.8 Å². The average Bonchev–Trinajstić information content (AvgIpc) is 2.85. The molecule has 3 nitrogen and oxygen atoms in total. The number of likely N-dealkylation sites (tertiary alicyclic amines) is 1. The van der Waals surface area contributed by atoms with Crippen LogP contribution < -0.4 is 0 Å². The van der Waals surface area contributed by atoms with Crippen molar-refractivity contribution in [3.05, 3.63) is 23.2 Å². The van der Waals surface area contributed by atoms with Crippen LogP contribution in [0.5, 0.6) is 0 Å². The Kier molecular flexibility index (Phi) is 3.77. The van der Waals surface area contributed by atoms with Gasteiger partial charge in [-0.05, 0) is 38.7 Å². The number of hydrogen-bond donors (Lipinski definition) is 0. The summed E-state index contributed by atoms with van der Waals surface area (Å²) >= 11 is 5.74. The number of carbonyl (C=O) groups excluding carboxylic acids is 1. The average molecular weight is 256 g/mol. The van der Waals surface area contributed by atoms with Crippen molar-refractivity contribution in [3.63, 3.8) is 0 Å². The Balaban J connectivity index is 2.04. The van der Waals surface area contributed by atoms with Crippen LogP contribution in [0.3, 0.4) is 0 Å². The Labute approximate surface area is 107 Å². The first-order valence-electron chi connectivity index (χ1n) is 6.04. The standard InChI is InChI=1S/C13H18ClNO2/c1-9-7-12(10(2)17-9)13(16)15-6-4-11(8-15)3-5-14/h7,11H,3-6,8H2,1-2H3. The van der Waals surface area contributed by atoms with Gasteiger partial charge in [-0.2, -0.15) is 0 Å². The topological polar surface area (TPSA) is 33.5 Å². The molecule has 1 aromatic heterocycles. The number of carbonyl (C=O) groups is 1. The van der Waals surface area contributed by atoms with Gasteiger partial charge in [-0.15, -0.1) is 11.6 Å². The monoisotopic (exact) mass is 255 g/mol. The highest BCUT2D eigenvalue weighted by atomic mass is 35.5. The van der Waals surface area contributed by atoms with Crippen LogP contribution in [-0.2, 0) is 0 Å². The summed E-state index contributed by atoms with van der Waals surface area (Å²) in [4.78, 5) is 14.2. The smallest absolute Gasteiger partial charge is 0.257 e. The maximum absolute atomic E-state index is 12.3. The molecule has 0 aromatic carbocycles. The highest BCUT2D eigenvalue weighted by molar-refractivity contribution is 6.17. The molecule has 0 aliphatic carbocycles. The summed E-state index contributed by atoms with van der Waals surface area (Å²) in [5.74, 6) is 2.84. The summed E-state index contributed by atoms with van der Waals surface area (Å²) in [6, 6.07) is 1.83. The van der Waals surface area contributed by atoms with Crippen LogP contribution in [0.15, 0.2) is 10.5 Å². The number of furan rings is 1. The molecule has 0 N–H and O–H groups in total. The predicted molar refractivity (Wildman–Crippen MR) is 67.5 cm³/mol. The van der Waals surface area contributed by atoms with Gasteiger partial charge in [0.15, 0.2) is 0 Å². The van der Waals surface area contributed by atoms with E-state index in [-0.39, 0.29) is 5.91 Å². The van der Waals surface area contributed by atoms with Crippen molar-refractivity contribution in [3.8, 4) is 0 Å². The minimum Gasteiger partial charge on any atom is -0.466 e. The Morgan fingerprint density at radius 1 is 1.59 bits per heavy atom. The summed E-state index contributed by atoms with van der Waals surface area (Å²) < 4.78 is 5.40. The van der Waals surface area contributed by atoms with Crippen molar-refractivity contribution in [1.82, 2.24) is 4.90 Å². The normalized spacial score (nSPS) is 19.9. The van der Waals surface area contributed by atoms with E-state index in [2.05, 4.69) is 0 Å². The van der Waals surface area contributed by atoms with Gasteiger partial charge in [0.25, 0.3) is 5.91 Å². The van der Waals surface area contributed by atoms with E-state index < -0.39 is 0 Å². The number of hydrogen-bond acceptors (Lipinski definition) is 2. The summed E-state index contributed by atoms with van der Waals surface area (Å²) in [5.41, 5.74) is 0.703. The van der Waals surface area contributed by atoms with Gasteiger partial charge in [0.05, 0.1) is 5.56 Å². The first kappa shape index (κ1) is 12.5. The van der Waals surface area contributed by atoms with Crippen molar-refractivity contribution in [2.24, 2.45) is 5.92 Å². The second-order valence-electron chi connectivity index (χ2n) is 4.71. The molecule has 0 saturated carbocycles. The fourth-order valence-electron chi connectivity index (χ4n) is 2.42. The molecule has 1 saturated heterocycles. The molecule has 4 heteroatoms. The molecule has 1 fully saturated rings. The van der Waals surface area contributed by atoms with Crippen LogP contribution in [-0.4, -0.2) is 29.8 Å². The third-order valence-electron chi connectivity index (χ3n) is 3.36. The van der Waals surface area contributed by atoms with Gasteiger partial charge in [0, 0.05) is 19.0 Å². The Morgan fingerprint density at radius 2 is 2.35 bits per heavy atom. The van der Waals surface area contributed by atoms with Crippen molar-refractivity contribution < 1.29 is 9.21 Å². The third kappa shape index (κ3) is 2.65. The molecule has 17 heavy (non-hydrogen) atoms. The second kappa shape index (κ2) is 5.13. The molecule has 1 aliphatic heterocycles. The number of halogens is 1. The van der Waals surface area contributed by atoms with Crippen molar-refractivity contribution >= 4 is 17.5 Å². The minimum atomic E-state index is 0.0939. The van der Waals surface area contributed by atoms with E-state index in [1.165, 1.54) is 0 Å². The predicted octanol–water partition coefficient (Wildman–Crippen LogP) is 2.99. The summed E-state index contributed by atoms with van der Waals surface area (Å²) in [7, 11) is 0. The van der Waals surface area contributed by atoms with E-state index in [0.717, 1.165) is 31.7 Å². The highest BCUT2D eigenvalue weighted by Gasteiger charge is 2.28. The molecule has 1 aliphatic rings. The van der Waals surface area contributed by atoms with Crippen LogP contribution >= 0.6 is 11.6 Å². The Morgan fingerprint density at radius 3 is 2.94 bits per heavy atom. The van der Waals surface area contributed by atoms with Crippen LogP contribution in [0.4, 0.5) is 0 Å². The molecule has 1 unspecified atom stereocenters. The fourth-order valence-corrected chi connectivity index (χ4v) is 2.73. The molecule has 0 radical (unpaired) electrons. The number of alkyl halides is 1. The molecule has 0 bridgehead atoms. The molecular weight excluding hydrogens is 238 g/mol. The van der Waals surface area contributed by atoms with E-state index in [4.69, 9.17) is 16.0 Å². The highest BCUT2D eigenvalue weighted by Crippen LogP contribution is 2.23. The molecular formula is C13H18ClNO2. The van der Waals surface area contributed by atoms with Crippen molar-refractivity contribution in [1.29, 1.82) is 0 Å². The maximum atomic E-state index is 12.3. The van der Waals surface area contributed by atoms with E-state index in [1.807, 2.05) is 24.8 Å². The van der Waals surface area contributed by atoms with Gasteiger partial charge in [-0.1, -0.05) is 0 Å². The Hall–Kier alpha value is -0.960. The summed E-state index contributed by atoms with van der Waals surface area (Å²) in [6.45, 7) is 5.37. The number of nitrogens with zero attached hydrogens (tertiary/aromatic N) is 1. The first-order chi connectivity index (χ1) is 8.11. The van der Waals surface area contributed by atoms with E-state index in [9.17, 15) is 4.79 Å². The number of aryl methyl sites for hydroxylation is 2. The number of rotatable bonds is 3. The van der Waals surface area contributed by atoms with Gasteiger partial charge in [0.1, 0.15) is 11.5 Å². The van der Waals surface area contributed by atoms with E-state index in [0.29, 0.717) is 23.1 Å². The van der Waals surface area contributed by atoms with E-state index in [1.54, 1.807) is 0 Å². The lowest BCUT2D eigenvalue weighted by atomic mass is 10.1. The lowest BCUT2D eigenvalue weighted by Crippen LogP contribution is -2.28. The molecule has 1 aromatic rings. The third-order valence-corrected chi connectivity index (χ3v) is 3.58. The van der Waals surface area contributed by atoms with Crippen LogP contribution in [0.1, 0.15) is 34.7 Å². The Bertz CT molecular complexity index is 414. The largest absolute Gasteiger partial charge is 0.466 e. The second-order valence-corrected chi connectivity index (χ2v) is 5.09. The van der Waals surface area contributed by atoms with Crippen LogP contribution in [0.25, 0.3) is 0 Å². The lowest BCUT2D eigenvalue weighted by Gasteiger charge is -2.15. The SMILES string of the molecule is Cc1cc(C(=O)N2CCC(CCCl)C2)c(C)o1. The van der Waals surface area contributed by atoms with Gasteiger partial charge in [0.2, 0.25) is 0 Å². The molecule has 2 rings (SSSR count). The lowest BCUT2D eigenvalue weighted by molar-refractivity contribution is 0.0785. The molecule has 1 atom stereocenters. The first-order valence-corrected chi connectivity index (χ1v) is 6.57. The zero-order valence-corrected chi connectivity index (χ0v) is 11.1. The quantitative estimate of drug-likeness (QED) is 0.778. The van der Waals surface area contributed by atoms with Gasteiger partial charge in [-0.3, -0.25) is 4.79 Å². The van der Waals surface area contributed by atoms with E-state index >= 15 is 0 Å². The van der Waals surface area contributed by atoms with Crippen molar-refractivity contribution in [2.45, 2.75) is 26.7 Å². The summed E-state index contributed by atoms with van der Waals surface area (Å²) in [6.07, 6.45) is 2.06. The minimum absolute atomic E-state index is 0.0939. The zero-order chi connectivity index (χ0) is 12.4. The van der Waals surface area contributed by atoms with Gasteiger partial charge < -0.3 is 9.32 Å². The zero-order valence-electron chi connectivity index (χ0n) is 10.3. The fraction of sp³-hybridized carbons (Fsp3) is 0.615.